The number of carboxylic acid groups (broad SMARTS) is 1. The van der Waals surface area contributed by atoms with Gasteiger partial charge in [-0.3, -0.25) is 0 Å². The van der Waals surface area contributed by atoms with Crippen molar-refractivity contribution >= 4 is 17.7 Å². The van der Waals surface area contributed by atoms with Crippen molar-refractivity contribution in [2.24, 2.45) is 0 Å². The van der Waals surface area contributed by atoms with Crippen LogP contribution in [0, 0.1) is 5.82 Å². The first kappa shape index (κ1) is 21.3. The number of hydrogen-bond donors (Lipinski definition) is 1. The number of ether oxygens (including phenoxy) is 2. The zero-order valence-electron chi connectivity index (χ0n) is 17.0. The summed E-state index contributed by atoms with van der Waals surface area (Å²) in [6, 6.07) is 12.4. The van der Waals surface area contributed by atoms with E-state index in [1.54, 1.807) is 36.0 Å². The van der Waals surface area contributed by atoms with Crippen molar-refractivity contribution in [3.8, 4) is 11.5 Å². The van der Waals surface area contributed by atoms with Crippen LogP contribution in [0.1, 0.15) is 17.5 Å². The highest BCUT2D eigenvalue weighted by atomic mass is 32.2. The first-order chi connectivity index (χ1) is 15.1. The fraction of sp³-hybridized carbons (Fsp3) is 0.292. The van der Waals surface area contributed by atoms with E-state index >= 15 is 0 Å². The number of aliphatic carboxylic acids is 1. The molecule has 2 heterocycles. The van der Waals surface area contributed by atoms with Gasteiger partial charge in [-0.15, -0.1) is 11.8 Å². The first-order valence-electron chi connectivity index (χ1n) is 10.2. The van der Waals surface area contributed by atoms with Gasteiger partial charge in [0.05, 0.1) is 5.57 Å². The maximum absolute atomic E-state index is 13.1. The fourth-order valence-electron chi connectivity index (χ4n) is 3.61. The van der Waals surface area contributed by atoms with E-state index in [1.807, 2.05) is 29.3 Å². The molecule has 0 bridgehead atoms. The van der Waals surface area contributed by atoms with Gasteiger partial charge in [0.25, 0.3) is 0 Å². The first-order valence-corrected chi connectivity index (χ1v) is 11.3. The van der Waals surface area contributed by atoms with E-state index in [0.717, 1.165) is 41.2 Å². The van der Waals surface area contributed by atoms with E-state index in [9.17, 15) is 14.3 Å². The van der Waals surface area contributed by atoms with Crippen molar-refractivity contribution in [1.82, 2.24) is 4.90 Å². The van der Waals surface area contributed by atoms with Crippen LogP contribution in [0.15, 0.2) is 66.4 Å². The molecule has 31 heavy (non-hydrogen) atoms. The minimum Gasteiger partial charge on any atom is -0.486 e. The van der Waals surface area contributed by atoms with Gasteiger partial charge < -0.3 is 19.5 Å². The molecule has 162 valence electrons. The third-order valence-electron chi connectivity index (χ3n) is 5.14. The quantitative estimate of drug-likeness (QED) is 0.603. The number of rotatable bonds is 8. The van der Waals surface area contributed by atoms with Gasteiger partial charge >= 0.3 is 5.97 Å². The molecule has 7 heteroatoms. The lowest BCUT2D eigenvalue weighted by Gasteiger charge is -2.33. The Morgan fingerprint density at radius 2 is 1.84 bits per heavy atom. The Kier molecular flexibility index (Phi) is 6.82. The van der Waals surface area contributed by atoms with Gasteiger partial charge in [0.2, 0.25) is 0 Å². The second-order valence-corrected chi connectivity index (χ2v) is 8.56. The number of nitrogens with zero attached hydrogens (tertiary/aromatic N) is 1. The van der Waals surface area contributed by atoms with Gasteiger partial charge in [-0.1, -0.05) is 18.2 Å². The van der Waals surface area contributed by atoms with Crippen LogP contribution >= 0.6 is 11.8 Å². The molecule has 1 N–H and O–H groups in total. The normalized spacial score (nSPS) is 17.4. The minimum absolute atomic E-state index is 0.238. The molecule has 2 aliphatic rings. The highest BCUT2D eigenvalue weighted by Gasteiger charge is 2.27. The SMILES string of the molecule is O=C(O)C1=CC=CN(Cc2ccc3c(c2)OCCO3)C1SCCCc1ccc(F)cc1. The fourth-order valence-corrected chi connectivity index (χ4v) is 4.84. The smallest absolute Gasteiger partial charge is 0.334 e. The van der Waals surface area contributed by atoms with Gasteiger partial charge in [-0.25, -0.2) is 9.18 Å². The Morgan fingerprint density at radius 3 is 2.61 bits per heavy atom. The molecule has 0 fully saturated rings. The van der Waals surface area contributed by atoms with Crippen LogP contribution < -0.4 is 9.47 Å². The number of benzene rings is 2. The molecular formula is C24H24FNO4S. The summed E-state index contributed by atoms with van der Waals surface area (Å²) in [4.78, 5) is 13.9. The van der Waals surface area contributed by atoms with Gasteiger partial charge in [0.1, 0.15) is 24.4 Å². The van der Waals surface area contributed by atoms with Crippen molar-refractivity contribution < 1.29 is 23.8 Å². The summed E-state index contributed by atoms with van der Waals surface area (Å²) >= 11 is 1.61. The molecular weight excluding hydrogens is 417 g/mol. The summed E-state index contributed by atoms with van der Waals surface area (Å²) in [7, 11) is 0. The lowest BCUT2D eigenvalue weighted by molar-refractivity contribution is -0.133. The molecule has 2 aromatic carbocycles. The number of thioether (sulfide) groups is 1. The predicted molar refractivity (Wildman–Crippen MR) is 119 cm³/mol. The van der Waals surface area contributed by atoms with Gasteiger partial charge in [-0.05, 0) is 66.1 Å². The van der Waals surface area contributed by atoms with Crippen LogP contribution in [0.2, 0.25) is 0 Å². The maximum Gasteiger partial charge on any atom is 0.334 e. The standard InChI is InChI=1S/C24H24FNO4S/c25-19-8-5-17(6-9-19)3-2-14-31-23-20(24(27)28)4-1-11-26(23)16-18-7-10-21-22(15-18)30-13-12-29-21/h1,4-11,15,23H,2-3,12-14,16H2,(H,27,28). The van der Waals surface area contributed by atoms with Crippen LogP contribution in [-0.2, 0) is 17.8 Å². The Labute approximate surface area is 185 Å². The molecule has 2 aromatic rings. The topological polar surface area (TPSA) is 59.0 Å². The van der Waals surface area contributed by atoms with Crippen LogP contribution in [0.5, 0.6) is 11.5 Å². The summed E-state index contributed by atoms with van der Waals surface area (Å²) in [5.74, 6) is 1.10. The maximum atomic E-state index is 13.1. The summed E-state index contributed by atoms with van der Waals surface area (Å²) < 4.78 is 24.3. The summed E-state index contributed by atoms with van der Waals surface area (Å²) in [6.07, 6.45) is 7.07. The van der Waals surface area contributed by atoms with E-state index in [-0.39, 0.29) is 11.2 Å². The Balaban J connectivity index is 1.40. The molecule has 0 spiro atoms. The Morgan fingerprint density at radius 1 is 1.10 bits per heavy atom. The van der Waals surface area contributed by atoms with Crippen molar-refractivity contribution in [1.29, 1.82) is 0 Å². The predicted octanol–water partition coefficient (Wildman–Crippen LogP) is 4.63. The second kappa shape index (κ2) is 9.92. The second-order valence-electron chi connectivity index (χ2n) is 7.37. The van der Waals surface area contributed by atoms with Gasteiger partial charge in [0.15, 0.2) is 11.5 Å². The summed E-state index contributed by atoms with van der Waals surface area (Å²) in [5, 5.41) is 9.41. The molecule has 5 nitrogen and oxygen atoms in total. The zero-order chi connectivity index (χ0) is 21.6. The van der Waals surface area contributed by atoms with Crippen LogP contribution in [0.4, 0.5) is 4.39 Å². The molecule has 0 saturated carbocycles. The van der Waals surface area contributed by atoms with E-state index in [0.29, 0.717) is 25.3 Å². The van der Waals surface area contributed by atoms with Crippen molar-refractivity contribution in [3.63, 3.8) is 0 Å². The molecule has 1 unspecified atom stereocenters. The third kappa shape index (κ3) is 5.41. The summed E-state index contributed by atoms with van der Waals surface area (Å²) in [5.41, 5.74) is 2.47. The zero-order valence-corrected chi connectivity index (χ0v) is 17.8. The molecule has 0 aromatic heterocycles. The Hall–Kier alpha value is -2.93. The van der Waals surface area contributed by atoms with E-state index in [1.165, 1.54) is 12.1 Å². The number of fused-ring (bicyclic) bond motifs is 1. The number of allylic oxidation sites excluding steroid dienone is 2. The summed E-state index contributed by atoms with van der Waals surface area (Å²) in [6.45, 7) is 1.64. The molecule has 0 saturated heterocycles. The van der Waals surface area contributed by atoms with E-state index < -0.39 is 5.97 Å². The highest BCUT2D eigenvalue weighted by Crippen LogP contribution is 2.33. The molecule has 1 atom stereocenters. The highest BCUT2D eigenvalue weighted by molar-refractivity contribution is 8.00. The molecule has 4 rings (SSSR count). The number of carbonyl (C=O) groups is 1. The van der Waals surface area contributed by atoms with Crippen molar-refractivity contribution in [2.75, 3.05) is 19.0 Å². The minimum atomic E-state index is -0.910. The number of aryl methyl sites for hydroxylation is 1. The number of hydrogen-bond acceptors (Lipinski definition) is 5. The molecule has 0 aliphatic carbocycles. The largest absolute Gasteiger partial charge is 0.486 e. The molecule has 0 amide bonds. The average molecular weight is 442 g/mol. The van der Waals surface area contributed by atoms with Crippen LogP contribution in [-0.4, -0.2) is 40.3 Å². The van der Waals surface area contributed by atoms with Crippen molar-refractivity contribution in [2.45, 2.75) is 24.8 Å². The lowest BCUT2D eigenvalue weighted by atomic mass is 10.1. The number of carboxylic acids is 1. The van der Waals surface area contributed by atoms with Gasteiger partial charge in [0, 0.05) is 12.7 Å². The third-order valence-corrected chi connectivity index (χ3v) is 6.50. The van der Waals surface area contributed by atoms with Crippen molar-refractivity contribution in [3.05, 3.63) is 83.3 Å². The molecule has 2 aliphatic heterocycles. The Bertz CT molecular complexity index is 990. The number of halogens is 1. The monoisotopic (exact) mass is 441 g/mol. The van der Waals surface area contributed by atoms with E-state index in [4.69, 9.17) is 9.47 Å². The molecule has 0 radical (unpaired) electrons. The van der Waals surface area contributed by atoms with Crippen LogP contribution in [0.3, 0.4) is 0 Å². The van der Waals surface area contributed by atoms with Crippen LogP contribution in [0.25, 0.3) is 0 Å². The van der Waals surface area contributed by atoms with E-state index in [2.05, 4.69) is 0 Å². The average Bonchev–Trinajstić information content (AvgIpc) is 2.78. The van der Waals surface area contributed by atoms with Gasteiger partial charge in [-0.2, -0.15) is 0 Å². The lowest BCUT2D eigenvalue weighted by Crippen LogP contribution is -2.34.